The van der Waals surface area contributed by atoms with Crippen molar-refractivity contribution in [1.29, 1.82) is 0 Å². The van der Waals surface area contributed by atoms with Crippen molar-refractivity contribution < 1.29 is 28.6 Å². The highest BCUT2D eigenvalue weighted by atomic mass is 32.1. The second-order valence-electron chi connectivity index (χ2n) is 8.73. The Bertz CT molecular complexity index is 1380. The second-order valence-corrected chi connectivity index (χ2v) is 9.83. The van der Waals surface area contributed by atoms with Crippen LogP contribution in [0, 0.1) is 0 Å². The van der Waals surface area contributed by atoms with Gasteiger partial charge in [-0.15, -0.1) is 11.3 Å². The van der Waals surface area contributed by atoms with E-state index in [1.807, 2.05) is 24.3 Å². The predicted molar refractivity (Wildman–Crippen MR) is 143 cm³/mol. The Morgan fingerprint density at radius 1 is 1.08 bits per heavy atom. The summed E-state index contributed by atoms with van der Waals surface area (Å²) in [4.78, 5) is 40.1. The normalized spacial score (nSPS) is 16.2. The zero-order valence-corrected chi connectivity index (χ0v) is 21.8. The van der Waals surface area contributed by atoms with Gasteiger partial charge in [-0.1, -0.05) is 24.3 Å². The van der Waals surface area contributed by atoms with Crippen LogP contribution in [0.2, 0.25) is 0 Å². The van der Waals surface area contributed by atoms with Crippen molar-refractivity contribution in [3.63, 3.8) is 0 Å². The molecule has 5 rings (SSSR count). The van der Waals surface area contributed by atoms with Crippen LogP contribution in [0.1, 0.15) is 45.0 Å². The van der Waals surface area contributed by atoms with Crippen molar-refractivity contribution in [2.45, 2.75) is 26.1 Å². The minimum absolute atomic E-state index is 0.148. The number of carbonyl (C=O) groups excluding carboxylic acids is 3. The van der Waals surface area contributed by atoms with E-state index in [0.717, 1.165) is 32.3 Å². The molecule has 0 saturated heterocycles. The van der Waals surface area contributed by atoms with Gasteiger partial charge in [0.1, 0.15) is 22.7 Å². The van der Waals surface area contributed by atoms with Crippen LogP contribution in [0.3, 0.4) is 0 Å². The molecular weight excluding hydrogens is 506 g/mol. The maximum absolute atomic E-state index is 13.0. The summed E-state index contributed by atoms with van der Waals surface area (Å²) in [5, 5.41) is 7.20. The van der Waals surface area contributed by atoms with E-state index in [9.17, 15) is 14.4 Å². The zero-order chi connectivity index (χ0) is 26.6. The molecule has 0 aliphatic carbocycles. The number of hydrogen-bond donors (Lipinski definition) is 2. The van der Waals surface area contributed by atoms with Gasteiger partial charge in [-0.3, -0.25) is 4.79 Å². The lowest BCUT2D eigenvalue weighted by molar-refractivity contribution is -0.128. The Labute approximate surface area is 224 Å². The summed E-state index contributed by atoms with van der Waals surface area (Å²) in [7, 11) is 1.60. The van der Waals surface area contributed by atoms with Crippen molar-refractivity contribution in [2.75, 3.05) is 25.6 Å². The smallest absolute Gasteiger partial charge is 0.410 e. The average molecular weight is 534 g/mol. The van der Waals surface area contributed by atoms with E-state index in [1.54, 1.807) is 49.3 Å². The third-order valence-corrected chi connectivity index (χ3v) is 7.47. The fraction of sp³-hybridized carbons (Fsp3) is 0.250. The molecule has 0 unspecified atom stereocenters. The lowest BCUT2D eigenvalue weighted by atomic mass is 10.0. The summed E-state index contributed by atoms with van der Waals surface area (Å²) in [6, 6.07) is 14.3. The van der Waals surface area contributed by atoms with Gasteiger partial charge in [0.2, 0.25) is 0 Å². The van der Waals surface area contributed by atoms with Gasteiger partial charge < -0.3 is 29.7 Å². The van der Waals surface area contributed by atoms with Gasteiger partial charge in [0.15, 0.2) is 0 Å². The molecule has 3 heterocycles. The van der Waals surface area contributed by atoms with Crippen LogP contribution in [0.5, 0.6) is 11.5 Å². The molecule has 0 radical (unpaired) electrons. The van der Waals surface area contributed by atoms with Crippen molar-refractivity contribution in [2.24, 2.45) is 0 Å². The van der Waals surface area contributed by atoms with Crippen molar-refractivity contribution in [3.8, 4) is 11.5 Å². The lowest BCUT2D eigenvalue weighted by Gasteiger charge is -2.28. The largest absolute Gasteiger partial charge is 0.497 e. The van der Waals surface area contributed by atoms with E-state index in [2.05, 4.69) is 10.6 Å². The van der Waals surface area contributed by atoms with E-state index in [0.29, 0.717) is 37.4 Å². The van der Waals surface area contributed by atoms with E-state index >= 15 is 0 Å². The number of fused-ring (bicyclic) bond motifs is 3. The minimum atomic E-state index is -0.497. The minimum Gasteiger partial charge on any atom is -0.497 e. The topological polar surface area (TPSA) is 106 Å². The Morgan fingerprint density at radius 3 is 2.53 bits per heavy atom. The number of thiophene rings is 1. The number of carbonyl (C=O) groups is 3. The number of amides is 2. The molecule has 3 aromatic rings. The van der Waals surface area contributed by atoms with Crippen LogP contribution in [0.4, 0.5) is 9.80 Å². The SMILES string of the molecule is CCOC(=O)N1CCc2c(sc3c2C(=O)N[C@@H](c2ccc(OC(=O)/C=C/c4ccc(OC)cc4)cc2)N3)C1. The fourth-order valence-corrected chi connectivity index (χ4v) is 5.70. The monoisotopic (exact) mass is 533 g/mol. The van der Waals surface area contributed by atoms with Gasteiger partial charge in [-0.05, 0) is 60.4 Å². The summed E-state index contributed by atoms with van der Waals surface area (Å²) < 4.78 is 15.7. The predicted octanol–water partition coefficient (Wildman–Crippen LogP) is 4.74. The Kier molecular flexibility index (Phi) is 7.32. The number of ether oxygens (including phenoxy) is 3. The first-order chi connectivity index (χ1) is 18.4. The Morgan fingerprint density at radius 2 is 1.82 bits per heavy atom. The number of anilines is 1. The summed E-state index contributed by atoms with van der Waals surface area (Å²) >= 11 is 1.49. The molecule has 0 saturated carbocycles. The summed E-state index contributed by atoms with van der Waals surface area (Å²) in [5.41, 5.74) is 3.30. The molecule has 0 fully saturated rings. The molecule has 2 aliphatic rings. The number of benzene rings is 2. The molecule has 1 atom stereocenters. The highest BCUT2D eigenvalue weighted by Gasteiger charge is 2.34. The van der Waals surface area contributed by atoms with Crippen molar-refractivity contribution >= 4 is 40.4 Å². The lowest BCUT2D eigenvalue weighted by Crippen LogP contribution is -2.39. The molecule has 2 aliphatic heterocycles. The van der Waals surface area contributed by atoms with Crippen molar-refractivity contribution in [3.05, 3.63) is 81.7 Å². The van der Waals surface area contributed by atoms with Crippen LogP contribution in [-0.4, -0.2) is 43.1 Å². The summed E-state index contributed by atoms with van der Waals surface area (Å²) in [6.45, 7) is 3.05. The third kappa shape index (κ3) is 5.35. The molecule has 0 spiro atoms. The van der Waals surface area contributed by atoms with Gasteiger partial charge >= 0.3 is 12.1 Å². The van der Waals surface area contributed by atoms with Crippen LogP contribution in [0.15, 0.2) is 54.6 Å². The first kappa shape index (κ1) is 25.3. The van der Waals surface area contributed by atoms with Gasteiger partial charge in [0.25, 0.3) is 5.91 Å². The fourth-order valence-electron chi connectivity index (χ4n) is 4.41. The maximum Gasteiger partial charge on any atom is 0.410 e. The van der Waals surface area contributed by atoms with E-state index in [1.165, 1.54) is 17.4 Å². The summed E-state index contributed by atoms with van der Waals surface area (Å²) in [6.07, 6.45) is 2.86. The number of rotatable bonds is 6. The molecule has 2 N–H and O–H groups in total. The number of nitrogens with zero attached hydrogens (tertiary/aromatic N) is 1. The number of hydrogen-bond acceptors (Lipinski definition) is 8. The van der Waals surface area contributed by atoms with Gasteiger partial charge in [-0.2, -0.15) is 0 Å². The van der Waals surface area contributed by atoms with E-state index in [4.69, 9.17) is 14.2 Å². The molecule has 38 heavy (non-hydrogen) atoms. The number of esters is 1. The molecule has 2 amide bonds. The first-order valence-electron chi connectivity index (χ1n) is 12.2. The van der Waals surface area contributed by atoms with Gasteiger partial charge in [-0.25, -0.2) is 9.59 Å². The van der Waals surface area contributed by atoms with E-state index in [-0.39, 0.29) is 12.0 Å². The van der Waals surface area contributed by atoms with Crippen LogP contribution >= 0.6 is 11.3 Å². The highest BCUT2D eigenvalue weighted by molar-refractivity contribution is 7.16. The quantitative estimate of drug-likeness (QED) is 0.268. The second kappa shape index (κ2) is 11.0. The molecule has 10 heteroatoms. The summed E-state index contributed by atoms with van der Waals surface area (Å²) in [5.74, 6) is 0.490. The van der Waals surface area contributed by atoms with Crippen LogP contribution < -0.4 is 20.1 Å². The highest BCUT2D eigenvalue weighted by Crippen LogP contribution is 2.41. The molecule has 9 nitrogen and oxygen atoms in total. The Balaban J connectivity index is 1.22. The molecular formula is C28H27N3O6S. The number of nitrogens with one attached hydrogen (secondary N) is 2. The van der Waals surface area contributed by atoms with Gasteiger partial charge in [0.05, 0.1) is 25.8 Å². The van der Waals surface area contributed by atoms with Gasteiger partial charge in [0, 0.05) is 17.5 Å². The molecule has 0 bridgehead atoms. The molecule has 196 valence electrons. The zero-order valence-electron chi connectivity index (χ0n) is 21.0. The molecule has 2 aromatic carbocycles. The standard InChI is InChI=1S/C28H27N3O6S/c1-3-36-28(34)31-15-14-21-22(16-31)38-27-24(21)26(33)29-25(30-27)18-7-11-20(12-8-18)37-23(32)13-6-17-4-9-19(35-2)10-5-17/h4-13,25,30H,3,14-16H2,1-2H3,(H,29,33)/b13-6+/t25-/m1/s1. The number of methoxy groups -OCH3 is 1. The molecule has 1 aromatic heterocycles. The average Bonchev–Trinajstić information content (AvgIpc) is 3.31. The Hall–Kier alpha value is -4.31. The van der Waals surface area contributed by atoms with E-state index < -0.39 is 12.1 Å². The third-order valence-electron chi connectivity index (χ3n) is 6.32. The maximum atomic E-state index is 13.0. The first-order valence-corrected chi connectivity index (χ1v) is 13.0. The van der Waals surface area contributed by atoms with Crippen LogP contribution in [-0.2, 0) is 22.5 Å². The van der Waals surface area contributed by atoms with Crippen LogP contribution in [0.25, 0.3) is 6.08 Å². The van der Waals surface area contributed by atoms with Crippen molar-refractivity contribution in [1.82, 2.24) is 10.2 Å².